The van der Waals surface area contributed by atoms with Crippen LogP contribution >= 0.6 is 0 Å². The summed E-state index contributed by atoms with van der Waals surface area (Å²) < 4.78 is 4.88. The molecule has 6 heteroatoms. The lowest BCUT2D eigenvalue weighted by atomic mass is 10.1. The minimum absolute atomic E-state index is 0.174. The number of anilines is 1. The van der Waals surface area contributed by atoms with Crippen molar-refractivity contribution < 1.29 is 19.5 Å². The summed E-state index contributed by atoms with van der Waals surface area (Å²) >= 11 is 0. The van der Waals surface area contributed by atoms with E-state index in [4.69, 9.17) is 20.5 Å². The Hall–Kier alpha value is -1.92. The number of carbonyl (C=O) groups excluding carboxylic acids is 2. The number of ether oxygens (including phenoxy) is 1. The average Bonchev–Trinajstić information content (AvgIpc) is 2.77. The Morgan fingerprint density at radius 2 is 1.48 bits per heavy atom. The highest BCUT2D eigenvalue weighted by Crippen LogP contribution is 2.03. The van der Waals surface area contributed by atoms with E-state index in [-0.39, 0.29) is 12.5 Å². The zero-order valence-electron chi connectivity index (χ0n) is 18.7. The zero-order valence-corrected chi connectivity index (χ0v) is 18.7. The molecular formula is C21H44N2O4. The first kappa shape index (κ1) is 36.1. The Morgan fingerprint density at radius 3 is 1.70 bits per heavy atom. The van der Waals surface area contributed by atoms with Crippen molar-refractivity contribution in [2.45, 2.75) is 80.3 Å². The molecule has 27 heavy (non-hydrogen) atoms. The number of nitrogen functional groups attached to an aromatic ring is 1. The number of hydrogen-bond donors (Lipinski definition) is 3. The molecule has 162 valence electrons. The number of hydroxylamine groups is 1. The third-order valence-corrected chi connectivity index (χ3v) is 2.40. The second-order valence-electron chi connectivity index (χ2n) is 4.06. The van der Waals surface area contributed by atoms with Crippen molar-refractivity contribution in [2.75, 3.05) is 12.8 Å². The molecule has 1 aromatic rings. The molecule has 0 aliphatic heterocycles. The molecule has 0 heterocycles. The van der Waals surface area contributed by atoms with Gasteiger partial charge in [-0.1, -0.05) is 85.9 Å². The number of benzene rings is 1. The van der Waals surface area contributed by atoms with Crippen LogP contribution in [0.4, 0.5) is 5.69 Å². The number of nitrogens with two attached hydrogens (primary N) is 1. The SMILES string of the molecule is CC.CC.CC.CCCCC[C@H](C=O)OC.Nc1ccccc1.O=CNO. The topological polar surface area (TPSA) is 102 Å². The standard InChI is InChI=1S/C8H16O2.C6H7N.3C2H6.CH3NO2/c1-3-4-5-6-8(7-9)10-2;7-6-4-2-1-3-5-6;3*1-2;3-1-2-4/h7-8H,3-6H2,1-2H3;1-5H,7H2;3*1-2H3;1,4H,(H,2,3)/t8-;;;;;/m1...../s1. The molecule has 0 spiro atoms. The van der Waals surface area contributed by atoms with E-state index in [0.717, 1.165) is 24.8 Å². The van der Waals surface area contributed by atoms with Crippen LogP contribution in [0.25, 0.3) is 0 Å². The second-order valence-corrected chi connectivity index (χ2v) is 4.06. The van der Waals surface area contributed by atoms with Crippen LogP contribution in [0.3, 0.4) is 0 Å². The molecule has 1 amide bonds. The van der Waals surface area contributed by atoms with Gasteiger partial charge in [-0.05, 0) is 18.6 Å². The van der Waals surface area contributed by atoms with E-state index in [2.05, 4.69) is 6.92 Å². The Bertz CT molecular complexity index is 336. The molecule has 0 radical (unpaired) electrons. The Morgan fingerprint density at radius 1 is 1.04 bits per heavy atom. The average molecular weight is 389 g/mol. The van der Waals surface area contributed by atoms with Crippen LogP contribution < -0.4 is 11.2 Å². The summed E-state index contributed by atoms with van der Waals surface area (Å²) in [6.45, 7) is 14.1. The molecule has 1 aromatic carbocycles. The fraction of sp³-hybridized carbons (Fsp3) is 0.619. The van der Waals surface area contributed by atoms with Gasteiger partial charge in [0.1, 0.15) is 12.4 Å². The lowest BCUT2D eigenvalue weighted by molar-refractivity contribution is -0.117. The van der Waals surface area contributed by atoms with Crippen LogP contribution in [0.1, 0.15) is 74.1 Å². The fourth-order valence-corrected chi connectivity index (χ4v) is 1.29. The van der Waals surface area contributed by atoms with E-state index in [9.17, 15) is 4.79 Å². The molecule has 0 aliphatic carbocycles. The molecule has 1 rings (SSSR count). The first-order valence-electron chi connectivity index (χ1n) is 9.78. The maximum absolute atomic E-state index is 10.2. The van der Waals surface area contributed by atoms with Gasteiger partial charge in [0.15, 0.2) is 0 Å². The minimum atomic E-state index is -0.174. The van der Waals surface area contributed by atoms with Crippen molar-refractivity contribution in [3.63, 3.8) is 0 Å². The number of nitrogens with one attached hydrogen (secondary N) is 1. The van der Waals surface area contributed by atoms with Gasteiger partial charge < -0.3 is 15.3 Å². The van der Waals surface area contributed by atoms with Gasteiger partial charge in [-0.3, -0.25) is 10.0 Å². The van der Waals surface area contributed by atoms with Crippen molar-refractivity contribution in [3.05, 3.63) is 30.3 Å². The van der Waals surface area contributed by atoms with Gasteiger partial charge in [-0.25, -0.2) is 5.48 Å². The van der Waals surface area contributed by atoms with E-state index < -0.39 is 0 Å². The maximum Gasteiger partial charge on any atom is 0.230 e. The minimum Gasteiger partial charge on any atom is -0.399 e. The number of methoxy groups -OCH3 is 1. The summed E-state index contributed by atoms with van der Waals surface area (Å²) in [7, 11) is 1.57. The van der Waals surface area contributed by atoms with E-state index >= 15 is 0 Å². The van der Waals surface area contributed by atoms with Crippen LogP contribution in [-0.2, 0) is 14.3 Å². The van der Waals surface area contributed by atoms with Gasteiger partial charge in [0.05, 0.1) is 0 Å². The first-order valence-corrected chi connectivity index (χ1v) is 9.78. The predicted molar refractivity (Wildman–Crippen MR) is 117 cm³/mol. The molecule has 0 unspecified atom stereocenters. The number of rotatable bonds is 7. The Balaban J connectivity index is -0.0000000829. The van der Waals surface area contributed by atoms with Crippen LogP contribution in [-0.4, -0.2) is 31.1 Å². The summed E-state index contributed by atoms with van der Waals surface area (Å²) in [5.41, 5.74) is 7.43. The summed E-state index contributed by atoms with van der Waals surface area (Å²) in [6.07, 6.45) is 5.21. The fourth-order valence-electron chi connectivity index (χ4n) is 1.29. The smallest absolute Gasteiger partial charge is 0.230 e. The number of unbranched alkanes of at least 4 members (excludes halogenated alkanes) is 2. The Kier molecular flexibility index (Phi) is 58.7. The van der Waals surface area contributed by atoms with Gasteiger partial charge in [-0.15, -0.1) is 0 Å². The third-order valence-electron chi connectivity index (χ3n) is 2.40. The summed E-state index contributed by atoms with van der Waals surface area (Å²) in [5.74, 6) is 0. The van der Waals surface area contributed by atoms with Crippen LogP contribution in [0.15, 0.2) is 30.3 Å². The lowest BCUT2D eigenvalue weighted by Crippen LogP contribution is -2.11. The maximum atomic E-state index is 10.2. The lowest BCUT2D eigenvalue weighted by Gasteiger charge is -2.05. The van der Waals surface area contributed by atoms with Crippen molar-refractivity contribution in [1.82, 2.24) is 5.48 Å². The van der Waals surface area contributed by atoms with E-state index in [0.29, 0.717) is 0 Å². The predicted octanol–water partition coefficient (Wildman–Crippen LogP) is 5.25. The highest BCUT2D eigenvalue weighted by atomic mass is 16.5. The molecule has 6 nitrogen and oxygen atoms in total. The zero-order chi connectivity index (χ0) is 22.3. The Labute approximate surface area is 167 Å². The van der Waals surface area contributed by atoms with Gasteiger partial charge in [0, 0.05) is 12.8 Å². The van der Waals surface area contributed by atoms with Gasteiger partial charge >= 0.3 is 0 Å². The number of carbonyl (C=O) groups is 2. The number of amides is 1. The van der Waals surface area contributed by atoms with E-state index in [1.54, 1.807) is 7.11 Å². The van der Waals surface area contributed by atoms with Gasteiger partial charge in [0.25, 0.3) is 0 Å². The number of hydrogen-bond acceptors (Lipinski definition) is 5. The molecular weight excluding hydrogens is 344 g/mol. The molecule has 0 saturated carbocycles. The number of para-hydroxylation sites is 1. The molecule has 1 atom stereocenters. The van der Waals surface area contributed by atoms with Crippen molar-refractivity contribution in [2.24, 2.45) is 0 Å². The summed E-state index contributed by atoms with van der Waals surface area (Å²) in [4.78, 5) is 19.0. The quantitative estimate of drug-likeness (QED) is 0.195. The summed E-state index contributed by atoms with van der Waals surface area (Å²) in [5, 5.41) is 7.26. The van der Waals surface area contributed by atoms with E-state index in [1.165, 1.54) is 18.3 Å². The molecule has 0 bridgehead atoms. The monoisotopic (exact) mass is 388 g/mol. The van der Waals surface area contributed by atoms with Crippen molar-refractivity contribution in [1.29, 1.82) is 0 Å². The molecule has 4 N–H and O–H groups in total. The van der Waals surface area contributed by atoms with Crippen molar-refractivity contribution >= 4 is 18.4 Å². The third kappa shape index (κ3) is 45.4. The summed E-state index contributed by atoms with van der Waals surface area (Å²) in [6, 6.07) is 9.49. The van der Waals surface area contributed by atoms with E-state index in [1.807, 2.05) is 71.9 Å². The van der Waals surface area contributed by atoms with Gasteiger partial charge in [-0.2, -0.15) is 0 Å². The molecule has 0 saturated heterocycles. The number of aldehydes is 1. The first-order chi connectivity index (χ1) is 13.2. The van der Waals surface area contributed by atoms with Crippen molar-refractivity contribution in [3.8, 4) is 0 Å². The highest BCUT2D eigenvalue weighted by Gasteiger charge is 2.02. The van der Waals surface area contributed by atoms with Crippen LogP contribution in [0.5, 0.6) is 0 Å². The normalized spacial score (nSPS) is 8.48. The van der Waals surface area contributed by atoms with Gasteiger partial charge in [0.2, 0.25) is 6.41 Å². The molecule has 0 aromatic heterocycles. The molecule has 0 aliphatic rings. The van der Waals surface area contributed by atoms with Crippen LogP contribution in [0, 0.1) is 0 Å². The molecule has 0 fully saturated rings. The van der Waals surface area contributed by atoms with Crippen LogP contribution in [0.2, 0.25) is 0 Å². The largest absolute Gasteiger partial charge is 0.399 e. The second kappa shape index (κ2) is 44.0. The highest BCUT2D eigenvalue weighted by molar-refractivity contribution is 5.55.